The number of thiophene rings is 1. The fraction of sp³-hybridized carbons (Fsp3) is 0.571. The van der Waals surface area contributed by atoms with Gasteiger partial charge in [0.25, 0.3) is 0 Å². The highest BCUT2D eigenvalue weighted by atomic mass is 32.1. The lowest BCUT2D eigenvalue weighted by Gasteiger charge is -2.30. The predicted octanol–water partition coefficient (Wildman–Crippen LogP) is 1.20. The van der Waals surface area contributed by atoms with Crippen molar-refractivity contribution in [3.63, 3.8) is 0 Å². The van der Waals surface area contributed by atoms with Crippen LogP contribution in [0.25, 0.3) is 0 Å². The molecule has 1 fully saturated rings. The van der Waals surface area contributed by atoms with Gasteiger partial charge in [0, 0.05) is 13.1 Å². The summed E-state index contributed by atoms with van der Waals surface area (Å²) in [5, 5.41) is 16.2. The van der Waals surface area contributed by atoms with E-state index in [4.69, 9.17) is 5.11 Å². The van der Waals surface area contributed by atoms with Crippen LogP contribution in [0.2, 0.25) is 0 Å². The van der Waals surface area contributed by atoms with E-state index in [1.165, 1.54) is 5.56 Å². The number of nitrogens with one attached hydrogen (secondary N) is 1. The van der Waals surface area contributed by atoms with E-state index in [1.807, 2.05) is 5.38 Å². The first kappa shape index (κ1) is 15.0. The number of amides is 1. The molecule has 0 spiro atoms. The third-order valence-electron chi connectivity index (χ3n) is 3.64. The second kappa shape index (κ2) is 7.40. The van der Waals surface area contributed by atoms with Crippen molar-refractivity contribution in [3.05, 3.63) is 22.4 Å². The summed E-state index contributed by atoms with van der Waals surface area (Å²) in [6.45, 7) is 2.24. The zero-order valence-corrected chi connectivity index (χ0v) is 12.2. The first-order chi connectivity index (χ1) is 9.66. The van der Waals surface area contributed by atoms with Crippen molar-refractivity contribution in [3.8, 4) is 0 Å². The molecule has 1 saturated heterocycles. The molecule has 1 aromatic heterocycles. The molecule has 1 aromatic rings. The van der Waals surface area contributed by atoms with Crippen LogP contribution in [0.1, 0.15) is 18.4 Å². The summed E-state index contributed by atoms with van der Waals surface area (Å²) >= 11 is 1.68. The zero-order valence-electron chi connectivity index (χ0n) is 11.4. The minimum atomic E-state index is -0.744. The lowest BCUT2D eigenvalue weighted by Crippen LogP contribution is -2.44. The molecule has 0 aromatic carbocycles. The maximum absolute atomic E-state index is 12.0. The minimum Gasteiger partial charge on any atom is -0.481 e. The Morgan fingerprint density at radius 2 is 2.15 bits per heavy atom. The molecule has 0 bridgehead atoms. The van der Waals surface area contributed by atoms with Gasteiger partial charge in [-0.15, -0.1) is 0 Å². The Hall–Kier alpha value is -1.40. The van der Waals surface area contributed by atoms with Crippen LogP contribution in [-0.4, -0.2) is 48.1 Å². The molecule has 1 amide bonds. The Labute approximate surface area is 122 Å². The molecule has 20 heavy (non-hydrogen) atoms. The van der Waals surface area contributed by atoms with Gasteiger partial charge in [-0.1, -0.05) is 0 Å². The van der Waals surface area contributed by atoms with Gasteiger partial charge in [-0.25, -0.2) is 0 Å². The van der Waals surface area contributed by atoms with E-state index in [2.05, 4.69) is 16.8 Å². The zero-order chi connectivity index (χ0) is 14.4. The lowest BCUT2D eigenvalue weighted by molar-refractivity contribution is -0.145. The number of rotatable bonds is 6. The summed E-state index contributed by atoms with van der Waals surface area (Å²) in [4.78, 5) is 24.6. The second-order valence-corrected chi connectivity index (χ2v) is 5.83. The monoisotopic (exact) mass is 296 g/mol. The number of hydrogen-bond acceptors (Lipinski definition) is 4. The largest absolute Gasteiger partial charge is 0.481 e. The predicted molar refractivity (Wildman–Crippen MR) is 77.8 cm³/mol. The lowest BCUT2D eigenvalue weighted by atomic mass is 9.97. The smallest absolute Gasteiger partial charge is 0.306 e. The van der Waals surface area contributed by atoms with Crippen molar-refractivity contribution in [2.75, 3.05) is 26.2 Å². The average molecular weight is 296 g/mol. The normalized spacial score (nSPS) is 16.3. The van der Waals surface area contributed by atoms with Gasteiger partial charge in [0.05, 0.1) is 12.5 Å². The van der Waals surface area contributed by atoms with Crippen molar-refractivity contribution in [2.24, 2.45) is 5.92 Å². The van der Waals surface area contributed by atoms with E-state index >= 15 is 0 Å². The van der Waals surface area contributed by atoms with Gasteiger partial charge in [-0.05, 0) is 48.2 Å². The Balaban J connectivity index is 1.62. The number of likely N-dealkylation sites (tertiary alicyclic amines) is 1. The van der Waals surface area contributed by atoms with Gasteiger partial charge in [0.15, 0.2) is 0 Å². The second-order valence-electron chi connectivity index (χ2n) is 5.05. The van der Waals surface area contributed by atoms with Crippen LogP contribution < -0.4 is 5.32 Å². The fourth-order valence-corrected chi connectivity index (χ4v) is 3.05. The van der Waals surface area contributed by atoms with Gasteiger partial charge in [-0.3, -0.25) is 9.59 Å². The van der Waals surface area contributed by atoms with Crippen molar-refractivity contribution in [1.82, 2.24) is 10.2 Å². The molecule has 0 aliphatic carbocycles. The molecule has 1 aliphatic rings. The van der Waals surface area contributed by atoms with Crippen molar-refractivity contribution >= 4 is 23.2 Å². The van der Waals surface area contributed by atoms with Crippen LogP contribution in [-0.2, 0) is 16.0 Å². The van der Waals surface area contributed by atoms with Gasteiger partial charge in [-0.2, -0.15) is 11.3 Å². The molecule has 0 radical (unpaired) electrons. The molecule has 2 heterocycles. The van der Waals surface area contributed by atoms with Crippen LogP contribution in [0.15, 0.2) is 16.8 Å². The van der Waals surface area contributed by atoms with E-state index in [9.17, 15) is 9.59 Å². The summed E-state index contributed by atoms with van der Waals surface area (Å²) in [5.41, 5.74) is 1.29. The number of hydrogen-bond donors (Lipinski definition) is 2. The van der Waals surface area contributed by atoms with Gasteiger partial charge in [0.2, 0.25) is 5.91 Å². The quantitative estimate of drug-likeness (QED) is 0.774. The minimum absolute atomic E-state index is 0.0687. The number of carbonyl (C=O) groups excluding carboxylic acids is 1. The SMILES string of the molecule is O=C(O)C1CCN(C(=O)CNCCc2ccsc2)CC1. The first-order valence-electron chi connectivity index (χ1n) is 6.89. The molecular weight excluding hydrogens is 276 g/mol. The van der Waals surface area contributed by atoms with Gasteiger partial charge >= 0.3 is 5.97 Å². The highest BCUT2D eigenvalue weighted by Crippen LogP contribution is 2.17. The van der Waals surface area contributed by atoms with E-state index < -0.39 is 5.97 Å². The number of carbonyl (C=O) groups is 2. The molecule has 110 valence electrons. The van der Waals surface area contributed by atoms with E-state index in [-0.39, 0.29) is 11.8 Å². The van der Waals surface area contributed by atoms with E-state index in [0.29, 0.717) is 32.5 Å². The maximum atomic E-state index is 12.0. The van der Waals surface area contributed by atoms with Gasteiger partial charge < -0.3 is 15.3 Å². The Morgan fingerprint density at radius 3 is 2.75 bits per heavy atom. The number of carboxylic acids is 1. The van der Waals surface area contributed by atoms with Crippen molar-refractivity contribution in [1.29, 1.82) is 0 Å². The molecular formula is C14H20N2O3S. The highest BCUT2D eigenvalue weighted by molar-refractivity contribution is 7.07. The molecule has 0 atom stereocenters. The van der Waals surface area contributed by atoms with Crippen molar-refractivity contribution in [2.45, 2.75) is 19.3 Å². The van der Waals surface area contributed by atoms with Crippen LogP contribution >= 0.6 is 11.3 Å². The molecule has 1 aliphatic heterocycles. The molecule has 0 saturated carbocycles. The molecule has 2 rings (SSSR count). The third kappa shape index (κ3) is 4.31. The molecule has 5 nitrogen and oxygen atoms in total. The third-order valence-corrected chi connectivity index (χ3v) is 4.38. The molecule has 2 N–H and O–H groups in total. The fourth-order valence-electron chi connectivity index (χ4n) is 2.35. The highest BCUT2D eigenvalue weighted by Gasteiger charge is 2.26. The molecule has 0 unspecified atom stereocenters. The van der Waals surface area contributed by atoms with Crippen LogP contribution in [0.3, 0.4) is 0 Å². The van der Waals surface area contributed by atoms with Crippen LogP contribution in [0.4, 0.5) is 0 Å². The standard InChI is InChI=1S/C14H20N2O3S/c17-13(9-15-5-1-11-4-8-20-10-11)16-6-2-12(3-7-16)14(18)19/h4,8,10,12,15H,1-3,5-7,9H2,(H,18,19). The van der Waals surface area contributed by atoms with Gasteiger partial charge in [0.1, 0.15) is 0 Å². The Bertz CT molecular complexity index is 439. The average Bonchev–Trinajstić information content (AvgIpc) is 2.96. The van der Waals surface area contributed by atoms with Crippen LogP contribution in [0, 0.1) is 5.92 Å². The summed E-state index contributed by atoms with van der Waals surface area (Å²) in [6.07, 6.45) is 2.06. The van der Waals surface area contributed by atoms with Crippen molar-refractivity contribution < 1.29 is 14.7 Å². The number of carboxylic acid groups (broad SMARTS) is 1. The summed E-state index contributed by atoms with van der Waals surface area (Å²) < 4.78 is 0. The van der Waals surface area contributed by atoms with Crippen LogP contribution in [0.5, 0.6) is 0 Å². The number of piperidine rings is 1. The Morgan fingerprint density at radius 1 is 1.40 bits per heavy atom. The maximum Gasteiger partial charge on any atom is 0.306 e. The topological polar surface area (TPSA) is 69.6 Å². The summed E-state index contributed by atoms with van der Waals surface area (Å²) in [7, 11) is 0. The number of nitrogens with zero attached hydrogens (tertiary/aromatic N) is 1. The van der Waals surface area contributed by atoms with E-state index in [1.54, 1.807) is 16.2 Å². The summed E-state index contributed by atoms with van der Waals surface area (Å²) in [5.74, 6) is -0.962. The number of aliphatic carboxylic acids is 1. The molecule has 6 heteroatoms. The first-order valence-corrected chi connectivity index (χ1v) is 7.83. The van der Waals surface area contributed by atoms with E-state index in [0.717, 1.165) is 13.0 Å². The Kier molecular flexibility index (Phi) is 5.55. The summed E-state index contributed by atoms with van der Waals surface area (Å²) in [6, 6.07) is 2.09.